The summed E-state index contributed by atoms with van der Waals surface area (Å²) >= 11 is 4.87. The van der Waals surface area contributed by atoms with Crippen LogP contribution in [0.5, 0.6) is 0 Å². The van der Waals surface area contributed by atoms with Gasteiger partial charge in [0.1, 0.15) is 4.70 Å². The number of fused-ring (bicyclic) bond motifs is 3. The van der Waals surface area contributed by atoms with E-state index < -0.39 is 0 Å². The molecular weight excluding hydrogens is 276 g/mol. The highest BCUT2D eigenvalue weighted by Crippen LogP contribution is 2.31. The van der Waals surface area contributed by atoms with E-state index in [0.29, 0.717) is 4.70 Å². The van der Waals surface area contributed by atoms with Gasteiger partial charge in [-0.25, -0.2) is 4.98 Å². The lowest BCUT2D eigenvalue weighted by atomic mass is 10.2. The Morgan fingerprint density at radius 2 is 2.27 bits per heavy atom. The molecular formula is C10H5BrN2OS. The Balaban J connectivity index is 2.63. The fraction of sp³-hybridized carbons (Fsp3) is 0. The molecule has 0 bridgehead atoms. The van der Waals surface area contributed by atoms with Crippen molar-refractivity contribution in [2.75, 3.05) is 0 Å². The number of thiophene rings is 1. The van der Waals surface area contributed by atoms with Crippen LogP contribution >= 0.6 is 27.3 Å². The minimum absolute atomic E-state index is 0.0719. The molecule has 0 radical (unpaired) electrons. The van der Waals surface area contributed by atoms with Crippen molar-refractivity contribution in [2.45, 2.75) is 0 Å². The second-order valence-corrected chi connectivity index (χ2v) is 5.12. The van der Waals surface area contributed by atoms with Crippen LogP contribution in [0, 0.1) is 0 Å². The molecule has 1 aromatic carbocycles. The van der Waals surface area contributed by atoms with E-state index in [1.165, 1.54) is 17.7 Å². The van der Waals surface area contributed by atoms with Gasteiger partial charge in [-0.05, 0) is 12.1 Å². The van der Waals surface area contributed by atoms with Crippen LogP contribution in [-0.2, 0) is 0 Å². The van der Waals surface area contributed by atoms with Crippen molar-refractivity contribution in [1.29, 1.82) is 0 Å². The zero-order valence-corrected chi connectivity index (χ0v) is 9.85. The Morgan fingerprint density at radius 1 is 1.40 bits per heavy atom. The molecule has 0 amide bonds. The van der Waals surface area contributed by atoms with Crippen LogP contribution < -0.4 is 5.56 Å². The molecule has 74 valence electrons. The van der Waals surface area contributed by atoms with Crippen LogP contribution in [-0.4, -0.2) is 9.97 Å². The van der Waals surface area contributed by atoms with Gasteiger partial charge in [-0.2, -0.15) is 0 Å². The van der Waals surface area contributed by atoms with Crippen LogP contribution in [0.2, 0.25) is 0 Å². The number of rotatable bonds is 0. The molecule has 0 aliphatic heterocycles. The highest BCUT2D eigenvalue weighted by molar-refractivity contribution is 9.10. The van der Waals surface area contributed by atoms with E-state index in [4.69, 9.17) is 0 Å². The third kappa shape index (κ3) is 1.31. The maximum absolute atomic E-state index is 11.5. The summed E-state index contributed by atoms with van der Waals surface area (Å²) in [6.07, 6.45) is 1.44. The Labute approximate surface area is 96.9 Å². The number of aromatic nitrogens is 2. The standard InChI is InChI=1S/C10H5BrN2OS/c11-5-1-2-6-7(3-5)15-9-8(6)12-4-13-10(9)14/h1-4H,(H,12,13,14). The second kappa shape index (κ2) is 3.15. The predicted molar refractivity (Wildman–Crippen MR) is 65.4 cm³/mol. The van der Waals surface area contributed by atoms with Crippen molar-refractivity contribution in [1.82, 2.24) is 9.97 Å². The molecule has 3 rings (SSSR count). The van der Waals surface area contributed by atoms with E-state index in [0.717, 1.165) is 20.1 Å². The van der Waals surface area contributed by atoms with Crippen LogP contribution in [0.3, 0.4) is 0 Å². The zero-order valence-electron chi connectivity index (χ0n) is 7.45. The first-order valence-electron chi connectivity index (χ1n) is 4.31. The van der Waals surface area contributed by atoms with E-state index in [9.17, 15) is 4.79 Å². The summed E-state index contributed by atoms with van der Waals surface area (Å²) in [7, 11) is 0. The Kier molecular flexibility index (Phi) is 1.90. The fourth-order valence-corrected chi connectivity index (χ4v) is 3.16. The molecule has 2 aromatic heterocycles. The first-order valence-corrected chi connectivity index (χ1v) is 5.92. The minimum Gasteiger partial charge on any atom is -0.312 e. The molecule has 1 N–H and O–H groups in total. The SMILES string of the molecule is O=c1[nH]cnc2c1sc1cc(Br)ccc12. The van der Waals surface area contributed by atoms with Crippen molar-refractivity contribution >= 4 is 47.6 Å². The normalized spacial score (nSPS) is 11.3. The van der Waals surface area contributed by atoms with Gasteiger partial charge in [-0.1, -0.05) is 22.0 Å². The first-order chi connectivity index (χ1) is 7.25. The second-order valence-electron chi connectivity index (χ2n) is 3.15. The molecule has 0 aliphatic rings. The lowest BCUT2D eigenvalue weighted by Crippen LogP contribution is -2.03. The Hall–Kier alpha value is -1.20. The highest BCUT2D eigenvalue weighted by atomic mass is 79.9. The maximum Gasteiger partial charge on any atom is 0.268 e. The largest absolute Gasteiger partial charge is 0.312 e. The minimum atomic E-state index is -0.0719. The quantitative estimate of drug-likeness (QED) is 0.688. The molecule has 15 heavy (non-hydrogen) atoms. The maximum atomic E-state index is 11.5. The lowest BCUT2D eigenvalue weighted by molar-refractivity contribution is 1.18. The third-order valence-electron chi connectivity index (χ3n) is 2.22. The van der Waals surface area contributed by atoms with Gasteiger partial charge in [0.2, 0.25) is 0 Å². The number of halogens is 1. The van der Waals surface area contributed by atoms with E-state index in [1.807, 2.05) is 18.2 Å². The summed E-state index contributed by atoms with van der Waals surface area (Å²) in [4.78, 5) is 18.3. The lowest BCUT2D eigenvalue weighted by Gasteiger charge is -1.90. The summed E-state index contributed by atoms with van der Waals surface area (Å²) in [6.45, 7) is 0. The molecule has 0 saturated carbocycles. The number of H-pyrrole nitrogens is 1. The Morgan fingerprint density at radius 3 is 3.13 bits per heavy atom. The summed E-state index contributed by atoms with van der Waals surface area (Å²) in [5.41, 5.74) is 0.712. The number of nitrogens with zero attached hydrogens (tertiary/aromatic N) is 1. The van der Waals surface area contributed by atoms with Gasteiger partial charge in [0.05, 0.1) is 11.8 Å². The average Bonchev–Trinajstić information content (AvgIpc) is 2.57. The van der Waals surface area contributed by atoms with E-state index >= 15 is 0 Å². The van der Waals surface area contributed by atoms with Gasteiger partial charge in [-0.3, -0.25) is 4.79 Å². The summed E-state index contributed by atoms with van der Waals surface area (Å²) in [5.74, 6) is 0. The van der Waals surface area contributed by atoms with Crippen LogP contribution in [0.1, 0.15) is 0 Å². The predicted octanol–water partition coefficient (Wildman–Crippen LogP) is 2.90. The van der Waals surface area contributed by atoms with Crippen molar-refractivity contribution in [3.8, 4) is 0 Å². The molecule has 0 unspecified atom stereocenters. The van der Waals surface area contributed by atoms with Crippen LogP contribution in [0.4, 0.5) is 0 Å². The highest BCUT2D eigenvalue weighted by Gasteiger charge is 2.08. The zero-order chi connectivity index (χ0) is 10.4. The molecule has 3 nitrogen and oxygen atoms in total. The molecule has 0 aliphatic carbocycles. The number of hydrogen-bond donors (Lipinski definition) is 1. The van der Waals surface area contributed by atoms with Gasteiger partial charge >= 0.3 is 0 Å². The van der Waals surface area contributed by atoms with Crippen LogP contribution in [0.25, 0.3) is 20.3 Å². The van der Waals surface area contributed by atoms with Crippen molar-refractivity contribution in [3.05, 3.63) is 39.4 Å². The average molecular weight is 281 g/mol. The summed E-state index contributed by atoms with van der Waals surface area (Å²) < 4.78 is 2.77. The molecule has 3 aromatic rings. The van der Waals surface area contributed by atoms with Crippen molar-refractivity contribution < 1.29 is 0 Å². The van der Waals surface area contributed by atoms with Gasteiger partial charge in [0.15, 0.2) is 0 Å². The summed E-state index contributed by atoms with van der Waals surface area (Å²) in [5, 5.41) is 1.03. The summed E-state index contributed by atoms with van der Waals surface area (Å²) in [6, 6.07) is 5.93. The molecule has 0 fully saturated rings. The fourth-order valence-electron chi connectivity index (χ4n) is 1.56. The smallest absolute Gasteiger partial charge is 0.268 e. The van der Waals surface area contributed by atoms with Crippen molar-refractivity contribution in [3.63, 3.8) is 0 Å². The van der Waals surface area contributed by atoms with E-state index in [-0.39, 0.29) is 5.56 Å². The van der Waals surface area contributed by atoms with Gasteiger partial charge < -0.3 is 4.98 Å². The van der Waals surface area contributed by atoms with Gasteiger partial charge in [0.25, 0.3) is 5.56 Å². The van der Waals surface area contributed by atoms with E-state index in [2.05, 4.69) is 25.9 Å². The monoisotopic (exact) mass is 280 g/mol. The molecule has 5 heteroatoms. The molecule has 2 heterocycles. The molecule has 0 saturated heterocycles. The molecule has 0 atom stereocenters. The van der Waals surface area contributed by atoms with Crippen LogP contribution in [0.15, 0.2) is 33.8 Å². The number of benzene rings is 1. The third-order valence-corrected chi connectivity index (χ3v) is 3.86. The van der Waals surface area contributed by atoms with Crippen molar-refractivity contribution in [2.24, 2.45) is 0 Å². The van der Waals surface area contributed by atoms with Gasteiger partial charge in [0, 0.05) is 14.6 Å². The first kappa shape index (κ1) is 9.06. The topological polar surface area (TPSA) is 45.8 Å². The Bertz CT molecular complexity index is 716. The number of aromatic amines is 1. The van der Waals surface area contributed by atoms with E-state index in [1.54, 1.807) is 0 Å². The molecule has 0 spiro atoms. The number of hydrogen-bond acceptors (Lipinski definition) is 3. The van der Waals surface area contributed by atoms with Gasteiger partial charge in [-0.15, -0.1) is 11.3 Å². The number of nitrogens with one attached hydrogen (secondary N) is 1.